The number of para-hydroxylation sites is 2. The minimum absolute atomic E-state index is 0.168. The summed E-state index contributed by atoms with van der Waals surface area (Å²) >= 11 is 6.40. The fraction of sp³-hybridized carbons (Fsp3) is 0.333. The molecule has 2 aromatic carbocycles. The Bertz CT molecular complexity index is 1080. The molecule has 4 rings (SSSR count). The van der Waals surface area contributed by atoms with E-state index in [1.165, 1.54) is 14.2 Å². The number of thiol groups is 1. The predicted molar refractivity (Wildman–Crippen MR) is 143 cm³/mol. The Balaban J connectivity index is 0.000000229. The third-order valence-electron chi connectivity index (χ3n) is 5.60. The number of esters is 2. The van der Waals surface area contributed by atoms with E-state index in [0.29, 0.717) is 25.9 Å². The van der Waals surface area contributed by atoms with Crippen molar-refractivity contribution in [3.8, 4) is 0 Å². The van der Waals surface area contributed by atoms with Crippen LogP contribution in [0.3, 0.4) is 0 Å². The van der Waals surface area contributed by atoms with Gasteiger partial charge in [-0.3, -0.25) is 14.4 Å². The normalized spacial score (nSPS) is 20.5. The Morgan fingerprint density at radius 2 is 1.47 bits per heavy atom. The summed E-state index contributed by atoms with van der Waals surface area (Å²) in [6.07, 6.45) is 0.938. The van der Waals surface area contributed by atoms with Crippen molar-refractivity contribution in [1.29, 1.82) is 0 Å². The van der Waals surface area contributed by atoms with Gasteiger partial charge in [0.1, 0.15) is 5.92 Å². The SMILES string of the molecule is COC(=O)C1(Br)CCN(c2ccccc2)C1=O.COC(=O)C1CCN(c2ccccc2)C1=O.[B]=NS. The van der Waals surface area contributed by atoms with Crippen LogP contribution in [0.2, 0.25) is 0 Å². The summed E-state index contributed by atoms with van der Waals surface area (Å²) < 4.78 is 10.7. The zero-order valence-electron chi connectivity index (χ0n) is 19.9. The molecule has 2 unspecified atom stereocenters. The van der Waals surface area contributed by atoms with Crippen molar-refractivity contribution in [3.63, 3.8) is 0 Å². The Morgan fingerprint density at radius 1 is 0.972 bits per heavy atom. The van der Waals surface area contributed by atoms with Crippen LogP contribution in [0, 0.1) is 5.92 Å². The molecule has 0 bridgehead atoms. The molecule has 2 atom stereocenters. The molecule has 0 spiro atoms. The predicted octanol–water partition coefficient (Wildman–Crippen LogP) is 3.13. The monoisotopic (exact) mass is 574 g/mol. The summed E-state index contributed by atoms with van der Waals surface area (Å²) in [5.74, 6) is -2.05. The molecule has 2 heterocycles. The van der Waals surface area contributed by atoms with Crippen LogP contribution in [0.4, 0.5) is 11.4 Å². The number of carbonyl (C=O) groups excluding carboxylic acids is 4. The van der Waals surface area contributed by atoms with Gasteiger partial charge < -0.3 is 19.3 Å². The maximum absolute atomic E-state index is 12.2. The molecule has 9 nitrogen and oxygen atoms in total. The third-order valence-corrected chi connectivity index (χ3v) is 6.66. The van der Waals surface area contributed by atoms with Crippen LogP contribution < -0.4 is 9.80 Å². The molecule has 2 aromatic rings. The second kappa shape index (κ2) is 13.9. The van der Waals surface area contributed by atoms with Gasteiger partial charge in [-0.05, 0) is 30.7 Å². The average molecular weight is 575 g/mol. The van der Waals surface area contributed by atoms with Crippen molar-refractivity contribution in [3.05, 3.63) is 60.7 Å². The first kappa shape index (κ1) is 29.2. The van der Waals surface area contributed by atoms with Crippen LogP contribution in [-0.4, -0.2) is 63.0 Å². The number of methoxy groups -OCH3 is 2. The molecule has 2 saturated heterocycles. The fourth-order valence-electron chi connectivity index (χ4n) is 3.80. The quantitative estimate of drug-likeness (QED) is 0.198. The van der Waals surface area contributed by atoms with Crippen LogP contribution >= 0.6 is 28.7 Å². The van der Waals surface area contributed by atoms with E-state index >= 15 is 0 Å². The van der Waals surface area contributed by atoms with Crippen LogP contribution in [0.25, 0.3) is 0 Å². The van der Waals surface area contributed by atoms with Crippen molar-refractivity contribution in [2.75, 3.05) is 37.1 Å². The molecule has 2 aliphatic rings. The van der Waals surface area contributed by atoms with Crippen molar-refractivity contribution in [2.24, 2.45) is 10.2 Å². The molecule has 0 N–H and O–H groups in total. The number of alkyl halides is 1. The van der Waals surface area contributed by atoms with Crippen molar-refractivity contribution >= 4 is 71.5 Å². The molecule has 2 aliphatic heterocycles. The molecule has 12 heteroatoms. The Hall–Kier alpha value is -2.99. The van der Waals surface area contributed by atoms with E-state index in [2.05, 4.69) is 50.2 Å². The van der Waals surface area contributed by atoms with E-state index in [-0.39, 0.29) is 11.8 Å². The minimum atomic E-state index is -1.22. The molecule has 2 amide bonds. The third kappa shape index (κ3) is 6.82. The van der Waals surface area contributed by atoms with E-state index < -0.39 is 22.2 Å². The summed E-state index contributed by atoms with van der Waals surface area (Å²) in [6, 6.07) is 18.6. The van der Waals surface area contributed by atoms with Crippen LogP contribution in [-0.2, 0) is 28.7 Å². The average Bonchev–Trinajstić information content (AvgIpc) is 3.44. The summed E-state index contributed by atoms with van der Waals surface area (Å²) in [5.41, 5.74) is 1.63. The van der Waals surface area contributed by atoms with Gasteiger partial charge in [-0.2, -0.15) is 0 Å². The Morgan fingerprint density at radius 3 is 1.94 bits per heavy atom. The molecule has 0 aromatic heterocycles. The number of amides is 2. The Labute approximate surface area is 224 Å². The molecule has 2 fully saturated rings. The molecule has 0 saturated carbocycles. The van der Waals surface area contributed by atoms with E-state index in [0.717, 1.165) is 11.4 Å². The van der Waals surface area contributed by atoms with Crippen LogP contribution in [0.1, 0.15) is 12.8 Å². The summed E-state index contributed by atoms with van der Waals surface area (Å²) in [7, 11) is 6.92. The molecule has 0 aliphatic carbocycles. The number of rotatable bonds is 4. The van der Waals surface area contributed by atoms with Crippen LogP contribution in [0.5, 0.6) is 0 Å². The van der Waals surface area contributed by atoms with E-state index in [9.17, 15) is 19.2 Å². The van der Waals surface area contributed by atoms with E-state index in [1.54, 1.807) is 9.80 Å². The molecule has 189 valence electrons. The fourth-order valence-corrected chi connectivity index (χ4v) is 4.35. The van der Waals surface area contributed by atoms with Gasteiger partial charge in [0.2, 0.25) is 10.2 Å². The second-order valence-electron chi connectivity index (χ2n) is 7.64. The van der Waals surface area contributed by atoms with Crippen molar-refractivity contribution in [2.45, 2.75) is 17.2 Å². The second-order valence-corrected chi connectivity index (χ2v) is 9.23. The maximum atomic E-state index is 12.2. The summed E-state index contributed by atoms with van der Waals surface area (Å²) in [4.78, 5) is 50.3. The van der Waals surface area contributed by atoms with Gasteiger partial charge in [0.25, 0.3) is 5.91 Å². The molecule has 36 heavy (non-hydrogen) atoms. The molecular weight excluding hydrogens is 549 g/mol. The van der Waals surface area contributed by atoms with E-state index in [4.69, 9.17) is 0 Å². The number of carbonyl (C=O) groups is 4. The summed E-state index contributed by atoms with van der Waals surface area (Å²) in [5, 5.41) is 0. The van der Waals surface area contributed by atoms with Gasteiger partial charge in [-0.25, -0.2) is 4.79 Å². The van der Waals surface area contributed by atoms with Gasteiger partial charge in [-0.1, -0.05) is 52.3 Å². The first-order chi connectivity index (χ1) is 17.2. The first-order valence-electron chi connectivity index (χ1n) is 10.9. The van der Waals surface area contributed by atoms with Gasteiger partial charge in [0.15, 0.2) is 0 Å². The first-order valence-corrected chi connectivity index (χ1v) is 12.1. The van der Waals surface area contributed by atoms with Crippen LogP contribution in [0.15, 0.2) is 65.0 Å². The number of ether oxygens (including phenoxy) is 2. The molecule has 1 radical (unpaired) electrons. The van der Waals surface area contributed by atoms with E-state index in [1.807, 2.05) is 60.7 Å². The van der Waals surface area contributed by atoms with Crippen molar-refractivity contribution in [1.82, 2.24) is 0 Å². The molecular formula is C24H26BBrN3O6S. The topological polar surface area (TPSA) is 106 Å². The van der Waals surface area contributed by atoms with Gasteiger partial charge in [-0.15, -0.1) is 0 Å². The number of anilines is 2. The number of halogens is 1. The zero-order chi connectivity index (χ0) is 26.7. The number of hydrogen-bond acceptors (Lipinski definition) is 8. The standard InChI is InChI=1S/C12H12BrNO3.C12H13NO3.BHNS/c1-17-11(16)12(13)7-8-14(10(12)15)9-5-3-2-4-6-9;1-16-12(15)10-7-8-13(11(10)14)9-5-3-2-4-6-9;1-2-3/h2-6H,7-8H2,1H3;2-6,10H,7-8H2,1H3;3H. The number of benzene rings is 2. The van der Waals surface area contributed by atoms with Gasteiger partial charge in [0, 0.05) is 30.9 Å². The number of nitrogens with zero attached hydrogens (tertiary/aromatic N) is 3. The Kier molecular flexibility index (Phi) is 11.3. The number of hydrogen-bond donors (Lipinski definition) is 1. The zero-order valence-corrected chi connectivity index (χ0v) is 22.4. The van der Waals surface area contributed by atoms with Gasteiger partial charge in [0.05, 0.1) is 14.2 Å². The van der Waals surface area contributed by atoms with Gasteiger partial charge >= 0.3 is 36.7 Å². The summed E-state index contributed by atoms with van der Waals surface area (Å²) in [6.45, 7) is 1.08. The van der Waals surface area contributed by atoms with Crippen molar-refractivity contribution < 1.29 is 28.7 Å².